The topological polar surface area (TPSA) is 98.3 Å². The van der Waals surface area contributed by atoms with Crippen LogP contribution in [0.5, 0.6) is 0 Å². The molecule has 0 radical (unpaired) electrons. The number of rotatable bonds is 5. The Hall–Kier alpha value is -2.18. The number of hydrogen-bond acceptors (Lipinski definition) is 4. The molecule has 0 heterocycles. The molecule has 21 heavy (non-hydrogen) atoms. The molecule has 0 bridgehead atoms. The van der Waals surface area contributed by atoms with Crippen molar-refractivity contribution in [1.82, 2.24) is 5.32 Å². The van der Waals surface area contributed by atoms with Gasteiger partial charge in [-0.25, -0.2) is 4.39 Å². The maximum absolute atomic E-state index is 13.8. The van der Waals surface area contributed by atoms with Crippen molar-refractivity contribution in [3.05, 3.63) is 33.6 Å². The first-order chi connectivity index (χ1) is 9.58. The van der Waals surface area contributed by atoms with Crippen molar-refractivity contribution < 1.29 is 14.1 Å². The molecule has 0 aromatic heterocycles. The summed E-state index contributed by atoms with van der Waals surface area (Å²) in [4.78, 5) is 22.1. The summed E-state index contributed by atoms with van der Waals surface area (Å²) >= 11 is 0. The first-order valence-electron chi connectivity index (χ1n) is 6.58. The molecule has 0 spiro atoms. The van der Waals surface area contributed by atoms with E-state index in [1.54, 1.807) is 0 Å². The average molecular weight is 297 g/mol. The SMILES string of the molecule is CC(C)C(C)(C)CNC(=O)c1c(F)ccc([N+](=O)[O-])c1N. The number of anilines is 1. The van der Waals surface area contributed by atoms with Gasteiger partial charge in [0.25, 0.3) is 11.6 Å². The molecule has 116 valence electrons. The van der Waals surface area contributed by atoms with Crippen LogP contribution in [-0.2, 0) is 0 Å². The third kappa shape index (κ3) is 3.68. The van der Waals surface area contributed by atoms with Crippen molar-refractivity contribution in [2.45, 2.75) is 27.7 Å². The van der Waals surface area contributed by atoms with Gasteiger partial charge in [0.05, 0.1) is 4.92 Å². The smallest absolute Gasteiger partial charge is 0.293 e. The van der Waals surface area contributed by atoms with Crippen LogP contribution >= 0.6 is 0 Å². The predicted octanol–water partition coefficient (Wildman–Crippen LogP) is 2.73. The molecule has 0 saturated carbocycles. The van der Waals surface area contributed by atoms with E-state index in [1.807, 2.05) is 27.7 Å². The van der Waals surface area contributed by atoms with Gasteiger partial charge in [-0.05, 0) is 17.4 Å². The second-order valence-corrected chi connectivity index (χ2v) is 5.94. The number of nitrogens with one attached hydrogen (secondary N) is 1. The Morgan fingerprint density at radius 1 is 1.48 bits per heavy atom. The number of nitrogen functional groups attached to an aromatic ring is 1. The van der Waals surface area contributed by atoms with Crippen molar-refractivity contribution in [3.63, 3.8) is 0 Å². The summed E-state index contributed by atoms with van der Waals surface area (Å²) in [6.45, 7) is 8.25. The fourth-order valence-electron chi connectivity index (χ4n) is 1.57. The van der Waals surface area contributed by atoms with E-state index in [4.69, 9.17) is 5.73 Å². The molecule has 0 fully saturated rings. The molecule has 0 unspecified atom stereocenters. The van der Waals surface area contributed by atoms with Gasteiger partial charge in [-0.2, -0.15) is 0 Å². The average Bonchev–Trinajstić information content (AvgIpc) is 2.35. The highest BCUT2D eigenvalue weighted by Gasteiger charge is 2.27. The second kappa shape index (κ2) is 6.07. The van der Waals surface area contributed by atoms with Crippen LogP contribution in [0, 0.1) is 27.3 Å². The highest BCUT2D eigenvalue weighted by molar-refractivity contribution is 6.01. The first kappa shape index (κ1) is 16.9. The Bertz CT molecular complexity index is 571. The molecule has 0 aliphatic heterocycles. The van der Waals surface area contributed by atoms with Gasteiger partial charge in [-0.15, -0.1) is 0 Å². The van der Waals surface area contributed by atoms with Gasteiger partial charge in [0.2, 0.25) is 0 Å². The lowest BCUT2D eigenvalue weighted by Gasteiger charge is -2.29. The van der Waals surface area contributed by atoms with E-state index in [-0.39, 0.29) is 5.41 Å². The van der Waals surface area contributed by atoms with E-state index < -0.39 is 33.6 Å². The summed E-state index contributed by atoms with van der Waals surface area (Å²) < 4.78 is 13.8. The number of benzene rings is 1. The third-order valence-electron chi connectivity index (χ3n) is 3.86. The van der Waals surface area contributed by atoms with Gasteiger partial charge in [-0.3, -0.25) is 14.9 Å². The Balaban J connectivity index is 3.03. The van der Waals surface area contributed by atoms with Gasteiger partial charge in [0, 0.05) is 12.6 Å². The number of amides is 1. The summed E-state index contributed by atoms with van der Waals surface area (Å²) in [7, 11) is 0. The summed E-state index contributed by atoms with van der Waals surface area (Å²) in [5.41, 5.74) is 3.93. The van der Waals surface area contributed by atoms with E-state index in [1.165, 1.54) is 0 Å². The van der Waals surface area contributed by atoms with Crippen LogP contribution in [-0.4, -0.2) is 17.4 Å². The van der Waals surface area contributed by atoms with Crippen LogP contribution in [0.15, 0.2) is 12.1 Å². The van der Waals surface area contributed by atoms with E-state index >= 15 is 0 Å². The largest absolute Gasteiger partial charge is 0.392 e. The number of nitrogens with two attached hydrogens (primary N) is 1. The standard InChI is InChI=1S/C14H20FN3O3/c1-8(2)14(3,4)7-17-13(19)11-9(15)5-6-10(12(11)16)18(20)21/h5-6,8H,7,16H2,1-4H3,(H,17,19). The molecule has 1 amide bonds. The van der Waals surface area contributed by atoms with E-state index in [2.05, 4.69) is 5.32 Å². The van der Waals surface area contributed by atoms with E-state index in [0.29, 0.717) is 12.5 Å². The van der Waals surface area contributed by atoms with Crippen LogP contribution in [0.4, 0.5) is 15.8 Å². The van der Waals surface area contributed by atoms with Crippen molar-refractivity contribution in [3.8, 4) is 0 Å². The van der Waals surface area contributed by atoms with Crippen LogP contribution < -0.4 is 11.1 Å². The minimum atomic E-state index is -0.877. The molecular formula is C14H20FN3O3. The van der Waals surface area contributed by atoms with Gasteiger partial charge >= 0.3 is 0 Å². The zero-order valence-electron chi connectivity index (χ0n) is 12.6. The monoisotopic (exact) mass is 297 g/mol. The van der Waals surface area contributed by atoms with Gasteiger partial charge < -0.3 is 11.1 Å². The minimum Gasteiger partial charge on any atom is -0.392 e. The normalized spacial score (nSPS) is 11.5. The van der Waals surface area contributed by atoms with Crippen molar-refractivity contribution in [2.24, 2.45) is 11.3 Å². The van der Waals surface area contributed by atoms with Crippen LogP contribution in [0.1, 0.15) is 38.1 Å². The highest BCUT2D eigenvalue weighted by Crippen LogP contribution is 2.28. The fourth-order valence-corrected chi connectivity index (χ4v) is 1.57. The Morgan fingerprint density at radius 3 is 2.52 bits per heavy atom. The molecule has 0 aliphatic rings. The van der Waals surface area contributed by atoms with Crippen LogP contribution in [0.3, 0.4) is 0 Å². The Morgan fingerprint density at radius 2 is 2.05 bits per heavy atom. The number of hydrogen-bond donors (Lipinski definition) is 2. The lowest BCUT2D eigenvalue weighted by Crippen LogP contribution is -2.37. The molecule has 1 aromatic carbocycles. The van der Waals surface area contributed by atoms with Gasteiger partial charge in [0.15, 0.2) is 0 Å². The number of halogens is 1. The quantitative estimate of drug-likeness (QED) is 0.496. The molecule has 0 aliphatic carbocycles. The summed E-state index contributed by atoms with van der Waals surface area (Å²) in [6, 6.07) is 1.82. The summed E-state index contributed by atoms with van der Waals surface area (Å²) in [5, 5.41) is 13.4. The Kier molecular flexibility index (Phi) is 4.88. The number of nitro groups is 1. The fraction of sp³-hybridized carbons (Fsp3) is 0.500. The molecule has 3 N–H and O–H groups in total. The minimum absolute atomic E-state index is 0.193. The maximum Gasteiger partial charge on any atom is 0.293 e. The molecule has 0 saturated heterocycles. The molecule has 1 aromatic rings. The number of nitro benzene ring substituents is 1. The molecule has 6 nitrogen and oxygen atoms in total. The molecule has 1 rings (SSSR count). The zero-order chi connectivity index (χ0) is 16.4. The maximum atomic E-state index is 13.8. The zero-order valence-corrected chi connectivity index (χ0v) is 12.6. The van der Waals surface area contributed by atoms with Crippen molar-refractivity contribution in [2.75, 3.05) is 12.3 Å². The molecular weight excluding hydrogens is 277 g/mol. The van der Waals surface area contributed by atoms with E-state index in [9.17, 15) is 19.3 Å². The molecule has 7 heteroatoms. The summed E-state index contributed by atoms with van der Waals surface area (Å²) in [6.07, 6.45) is 0. The van der Waals surface area contributed by atoms with Crippen molar-refractivity contribution >= 4 is 17.3 Å². The van der Waals surface area contributed by atoms with Crippen molar-refractivity contribution in [1.29, 1.82) is 0 Å². The lowest BCUT2D eigenvalue weighted by molar-refractivity contribution is -0.384. The van der Waals surface area contributed by atoms with Gasteiger partial charge in [0.1, 0.15) is 17.1 Å². The lowest BCUT2D eigenvalue weighted by atomic mass is 9.81. The number of carbonyl (C=O) groups is 1. The number of carbonyl (C=O) groups excluding carboxylic acids is 1. The highest BCUT2D eigenvalue weighted by atomic mass is 19.1. The second-order valence-electron chi connectivity index (χ2n) is 5.94. The predicted molar refractivity (Wildman–Crippen MR) is 78.4 cm³/mol. The molecule has 0 atom stereocenters. The van der Waals surface area contributed by atoms with Crippen LogP contribution in [0.2, 0.25) is 0 Å². The summed E-state index contributed by atoms with van der Waals surface area (Å²) in [5.74, 6) is -1.33. The Labute approximate surface area is 122 Å². The van der Waals surface area contributed by atoms with Crippen LogP contribution in [0.25, 0.3) is 0 Å². The van der Waals surface area contributed by atoms with Gasteiger partial charge in [-0.1, -0.05) is 27.7 Å². The third-order valence-corrected chi connectivity index (χ3v) is 3.86. The number of nitrogens with zero attached hydrogens (tertiary/aromatic N) is 1. The first-order valence-corrected chi connectivity index (χ1v) is 6.58. The van der Waals surface area contributed by atoms with E-state index in [0.717, 1.165) is 12.1 Å².